The number of hydrogen-bond donors (Lipinski definition) is 1. The summed E-state index contributed by atoms with van der Waals surface area (Å²) in [4.78, 5) is 22.4. The highest BCUT2D eigenvalue weighted by Gasteiger charge is 2.11. The lowest BCUT2D eigenvalue weighted by atomic mass is 10.1. The number of carbonyl (C=O) groups is 1. The molecule has 1 amide bonds. The summed E-state index contributed by atoms with van der Waals surface area (Å²) in [6.45, 7) is 1.97. The molecule has 27 heavy (non-hydrogen) atoms. The quantitative estimate of drug-likeness (QED) is 0.549. The number of anilines is 1. The zero-order valence-electron chi connectivity index (χ0n) is 14.9. The van der Waals surface area contributed by atoms with Crippen LogP contribution in [-0.2, 0) is 0 Å². The van der Waals surface area contributed by atoms with Crippen LogP contribution in [0.3, 0.4) is 0 Å². The number of thiazole rings is 1. The normalized spacial score (nSPS) is 10.7. The summed E-state index contributed by atoms with van der Waals surface area (Å²) in [6, 6.07) is 16.8. The molecule has 134 valence electrons. The molecule has 0 saturated carbocycles. The number of amides is 1. The highest BCUT2D eigenvalue weighted by Crippen LogP contribution is 2.31. The minimum absolute atomic E-state index is 0.155. The van der Waals surface area contributed by atoms with Gasteiger partial charge in [-0.15, -0.1) is 0 Å². The van der Waals surface area contributed by atoms with Gasteiger partial charge < -0.3 is 10.1 Å². The van der Waals surface area contributed by atoms with E-state index in [0.717, 1.165) is 37.9 Å². The Morgan fingerprint density at radius 2 is 1.93 bits per heavy atom. The monoisotopic (exact) mass is 375 g/mol. The number of hydrogen-bond acceptors (Lipinski definition) is 5. The zero-order valence-corrected chi connectivity index (χ0v) is 15.7. The van der Waals surface area contributed by atoms with Crippen LogP contribution in [0.25, 0.3) is 20.9 Å². The van der Waals surface area contributed by atoms with E-state index in [1.165, 1.54) is 0 Å². The fraction of sp³-hybridized carbons (Fsp3) is 0.0952. The van der Waals surface area contributed by atoms with Crippen LogP contribution in [-0.4, -0.2) is 23.0 Å². The van der Waals surface area contributed by atoms with Gasteiger partial charge in [-0.1, -0.05) is 11.3 Å². The predicted octanol–water partition coefficient (Wildman–Crippen LogP) is 4.93. The lowest BCUT2D eigenvalue weighted by molar-refractivity contribution is 0.102. The van der Waals surface area contributed by atoms with Crippen LogP contribution in [0.1, 0.15) is 15.9 Å². The second-order valence-electron chi connectivity index (χ2n) is 6.06. The summed E-state index contributed by atoms with van der Waals surface area (Å²) in [6.07, 6.45) is 1.77. The Kier molecular flexibility index (Phi) is 4.56. The number of rotatable bonds is 4. The average Bonchev–Trinajstić information content (AvgIpc) is 3.14. The van der Waals surface area contributed by atoms with Crippen molar-refractivity contribution in [1.82, 2.24) is 9.97 Å². The molecule has 0 aliphatic heterocycles. The van der Waals surface area contributed by atoms with E-state index in [1.54, 1.807) is 48.9 Å². The number of carbonyl (C=O) groups excluding carboxylic acids is 1. The van der Waals surface area contributed by atoms with Crippen molar-refractivity contribution in [1.29, 1.82) is 0 Å². The van der Waals surface area contributed by atoms with Crippen molar-refractivity contribution in [3.8, 4) is 16.3 Å². The molecule has 0 radical (unpaired) electrons. The third-order valence-electron chi connectivity index (χ3n) is 4.24. The SMILES string of the molecule is COc1ccc(C(=O)Nc2ccc(-c3nc4cccnc4s3)cc2C)cc1. The van der Waals surface area contributed by atoms with Gasteiger partial charge in [-0.3, -0.25) is 4.79 Å². The van der Waals surface area contributed by atoms with Crippen LogP contribution < -0.4 is 10.1 Å². The number of benzene rings is 2. The van der Waals surface area contributed by atoms with Crippen molar-refractivity contribution in [2.45, 2.75) is 6.92 Å². The van der Waals surface area contributed by atoms with E-state index in [-0.39, 0.29) is 5.91 Å². The van der Waals surface area contributed by atoms with E-state index in [9.17, 15) is 4.79 Å². The maximum absolute atomic E-state index is 12.5. The van der Waals surface area contributed by atoms with Crippen molar-refractivity contribution in [2.75, 3.05) is 12.4 Å². The molecule has 0 aliphatic rings. The zero-order chi connectivity index (χ0) is 18.8. The van der Waals surface area contributed by atoms with Crippen LogP contribution in [0.15, 0.2) is 60.8 Å². The predicted molar refractivity (Wildman–Crippen MR) is 109 cm³/mol. The summed E-state index contributed by atoms with van der Waals surface area (Å²) >= 11 is 1.56. The molecule has 0 saturated heterocycles. The third-order valence-corrected chi connectivity index (χ3v) is 5.27. The lowest BCUT2D eigenvalue weighted by Crippen LogP contribution is -2.12. The molecule has 1 N–H and O–H groups in total. The van der Waals surface area contributed by atoms with Gasteiger partial charge in [0.15, 0.2) is 0 Å². The molecular weight excluding hydrogens is 358 g/mol. The van der Waals surface area contributed by atoms with Crippen LogP contribution >= 0.6 is 11.3 Å². The molecule has 0 aliphatic carbocycles. The standard InChI is InChI=1S/C21H17N3O2S/c1-13-12-15(20-24-18-4-3-11-22-21(18)27-20)7-10-17(13)23-19(25)14-5-8-16(26-2)9-6-14/h3-12H,1-2H3,(H,23,25). The first kappa shape index (κ1) is 17.2. The largest absolute Gasteiger partial charge is 0.497 e. The first-order valence-electron chi connectivity index (χ1n) is 8.42. The maximum Gasteiger partial charge on any atom is 0.255 e. The third kappa shape index (κ3) is 3.52. The van der Waals surface area contributed by atoms with E-state index in [4.69, 9.17) is 4.74 Å². The molecule has 0 fully saturated rings. The van der Waals surface area contributed by atoms with Crippen molar-refractivity contribution in [3.05, 3.63) is 71.9 Å². The summed E-state index contributed by atoms with van der Waals surface area (Å²) < 4.78 is 5.12. The van der Waals surface area contributed by atoms with Gasteiger partial charge in [-0.2, -0.15) is 0 Å². The minimum Gasteiger partial charge on any atom is -0.497 e. The lowest BCUT2D eigenvalue weighted by Gasteiger charge is -2.10. The number of fused-ring (bicyclic) bond motifs is 1. The van der Waals surface area contributed by atoms with Crippen LogP contribution in [0.4, 0.5) is 5.69 Å². The van der Waals surface area contributed by atoms with E-state index in [0.29, 0.717) is 5.56 Å². The Balaban J connectivity index is 1.56. The molecule has 0 bridgehead atoms. The number of nitrogens with one attached hydrogen (secondary N) is 1. The van der Waals surface area contributed by atoms with Crippen LogP contribution in [0.5, 0.6) is 5.75 Å². The smallest absolute Gasteiger partial charge is 0.255 e. The van der Waals surface area contributed by atoms with Crippen molar-refractivity contribution in [3.63, 3.8) is 0 Å². The summed E-state index contributed by atoms with van der Waals surface area (Å²) in [7, 11) is 1.60. The number of methoxy groups -OCH3 is 1. The molecule has 0 spiro atoms. The number of nitrogens with zero attached hydrogens (tertiary/aromatic N) is 2. The van der Waals surface area contributed by atoms with Crippen molar-refractivity contribution in [2.24, 2.45) is 0 Å². The van der Waals surface area contributed by atoms with E-state index >= 15 is 0 Å². The van der Waals surface area contributed by atoms with Gasteiger partial charge in [0.2, 0.25) is 0 Å². The Bertz CT molecular complexity index is 1090. The molecule has 2 aromatic carbocycles. The maximum atomic E-state index is 12.5. The summed E-state index contributed by atoms with van der Waals surface area (Å²) in [5, 5.41) is 3.88. The van der Waals surface area contributed by atoms with E-state index in [1.807, 2.05) is 37.3 Å². The van der Waals surface area contributed by atoms with Gasteiger partial charge in [0.1, 0.15) is 21.1 Å². The Morgan fingerprint density at radius 3 is 2.63 bits per heavy atom. The van der Waals surface area contributed by atoms with Gasteiger partial charge >= 0.3 is 0 Å². The van der Waals surface area contributed by atoms with E-state index < -0.39 is 0 Å². The Labute approximate surface area is 160 Å². The number of pyridine rings is 1. The van der Waals surface area contributed by atoms with Gasteiger partial charge in [0, 0.05) is 23.0 Å². The molecule has 6 heteroatoms. The molecule has 0 atom stereocenters. The van der Waals surface area contributed by atoms with Gasteiger partial charge in [0.05, 0.1) is 7.11 Å². The fourth-order valence-electron chi connectivity index (χ4n) is 2.77. The highest BCUT2D eigenvalue weighted by atomic mass is 32.1. The highest BCUT2D eigenvalue weighted by molar-refractivity contribution is 7.21. The van der Waals surface area contributed by atoms with Gasteiger partial charge in [-0.25, -0.2) is 9.97 Å². The summed E-state index contributed by atoms with van der Waals surface area (Å²) in [5.41, 5.74) is 4.24. The first-order chi connectivity index (χ1) is 13.1. The minimum atomic E-state index is -0.155. The molecule has 4 aromatic rings. The topological polar surface area (TPSA) is 64.1 Å². The van der Waals surface area contributed by atoms with Crippen LogP contribution in [0.2, 0.25) is 0 Å². The Hall–Kier alpha value is -3.25. The number of aromatic nitrogens is 2. The molecule has 0 unspecified atom stereocenters. The number of aryl methyl sites for hydroxylation is 1. The number of ether oxygens (including phenoxy) is 1. The second kappa shape index (κ2) is 7.17. The first-order valence-corrected chi connectivity index (χ1v) is 9.24. The molecule has 4 rings (SSSR count). The fourth-order valence-corrected chi connectivity index (χ4v) is 3.67. The molecular formula is C21H17N3O2S. The average molecular weight is 375 g/mol. The Morgan fingerprint density at radius 1 is 1.11 bits per heavy atom. The van der Waals surface area contributed by atoms with E-state index in [2.05, 4.69) is 15.3 Å². The molecule has 5 nitrogen and oxygen atoms in total. The van der Waals surface area contributed by atoms with Crippen molar-refractivity contribution < 1.29 is 9.53 Å². The van der Waals surface area contributed by atoms with Gasteiger partial charge in [0.25, 0.3) is 5.91 Å². The van der Waals surface area contributed by atoms with Gasteiger partial charge in [-0.05, 0) is 67.1 Å². The van der Waals surface area contributed by atoms with Crippen LogP contribution in [0, 0.1) is 6.92 Å². The molecule has 2 aromatic heterocycles. The van der Waals surface area contributed by atoms with Crippen molar-refractivity contribution >= 4 is 33.3 Å². The molecule has 2 heterocycles. The second-order valence-corrected chi connectivity index (χ2v) is 7.04. The summed E-state index contributed by atoms with van der Waals surface area (Å²) in [5.74, 6) is 0.565.